The van der Waals surface area contributed by atoms with E-state index in [1.165, 1.54) is 11.8 Å². The number of halogens is 3. The van der Waals surface area contributed by atoms with Crippen LogP contribution in [0.3, 0.4) is 0 Å². The van der Waals surface area contributed by atoms with Crippen LogP contribution in [0.1, 0.15) is 10.9 Å². The number of hydrogen-bond donors (Lipinski definition) is 0. The van der Waals surface area contributed by atoms with Crippen LogP contribution in [0.4, 0.5) is 5.69 Å². The van der Waals surface area contributed by atoms with Crippen LogP contribution in [0.15, 0.2) is 36.4 Å². The minimum Gasteiger partial charge on any atom is -0.495 e. The Morgan fingerprint density at radius 3 is 2.65 bits per heavy atom. The summed E-state index contributed by atoms with van der Waals surface area (Å²) in [5, 5.41) is 1.15. The van der Waals surface area contributed by atoms with Gasteiger partial charge in [-0.3, -0.25) is 9.69 Å². The number of hydrogen-bond acceptors (Lipinski definition) is 3. The molecule has 120 valence electrons. The minimum absolute atomic E-state index is 0.00252. The van der Waals surface area contributed by atoms with Gasteiger partial charge in [0.25, 0.3) is 0 Å². The van der Waals surface area contributed by atoms with Crippen molar-refractivity contribution in [1.82, 2.24) is 0 Å². The Kier molecular flexibility index (Phi) is 4.97. The van der Waals surface area contributed by atoms with Crippen LogP contribution in [0.5, 0.6) is 5.75 Å². The van der Waals surface area contributed by atoms with Crippen molar-refractivity contribution < 1.29 is 9.53 Å². The lowest BCUT2D eigenvalue weighted by molar-refractivity contribution is -0.115. The Balaban J connectivity index is 2.03. The molecule has 0 aliphatic carbocycles. The molecule has 2 aromatic rings. The number of benzene rings is 2. The van der Waals surface area contributed by atoms with E-state index in [1.807, 2.05) is 12.1 Å². The highest BCUT2D eigenvalue weighted by Crippen LogP contribution is 2.46. The molecule has 3 rings (SSSR count). The molecule has 1 fully saturated rings. The molecular formula is C16H12Cl3NO2S. The van der Waals surface area contributed by atoms with Gasteiger partial charge in [-0.2, -0.15) is 0 Å². The fourth-order valence-corrected chi connectivity index (χ4v) is 4.38. The van der Waals surface area contributed by atoms with Gasteiger partial charge in [0.1, 0.15) is 11.1 Å². The molecule has 1 heterocycles. The van der Waals surface area contributed by atoms with E-state index in [4.69, 9.17) is 39.5 Å². The Labute approximate surface area is 153 Å². The molecule has 0 radical (unpaired) electrons. The number of methoxy groups -OCH3 is 1. The summed E-state index contributed by atoms with van der Waals surface area (Å²) in [4.78, 5) is 14.1. The highest BCUT2D eigenvalue weighted by molar-refractivity contribution is 8.00. The lowest BCUT2D eigenvalue weighted by atomic mass is 10.2. The molecule has 1 saturated heterocycles. The van der Waals surface area contributed by atoms with Gasteiger partial charge in [0.05, 0.1) is 27.9 Å². The second-order valence-corrected chi connectivity index (χ2v) is 7.15. The van der Waals surface area contributed by atoms with E-state index in [1.54, 1.807) is 36.3 Å². The molecule has 0 spiro atoms. The molecule has 3 nitrogen and oxygen atoms in total. The molecule has 0 aromatic heterocycles. The van der Waals surface area contributed by atoms with E-state index < -0.39 is 0 Å². The monoisotopic (exact) mass is 387 g/mol. The van der Waals surface area contributed by atoms with Crippen LogP contribution < -0.4 is 9.64 Å². The number of ether oxygens (including phenoxy) is 1. The highest BCUT2D eigenvalue weighted by atomic mass is 35.5. The molecular weight excluding hydrogens is 377 g/mol. The zero-order chi connectivity index (χ0) is 16.6. The molecule has 2 aromatic carbocycles. The topological polar surface area (TPSA) is 29.5 Å². The van der Waals surface area contributed by atoms with Gasteiger partial charge in [0.2, 0.25) is 5.91 Å². The third-order valence-electron chi connectivity index (χ3n) is 3.53. The average molecular weight is 389 g/mol. The Morgan fingerprint density at radius 1 is 1.17 bits per heavy atom. The van der Waals surface area contributed by atoms with Crippen molar-refractivity contribution in [1.29, 1.82) is 0 Å². The van der Waals surface area contributed by atoms with Gasteiger partial charge >= 0.3 is 0 Å². The third kappa shape index (κ3) is 3.13. The fraction of sp³-hybridized carbons (Fsp3) is 0.188. The van der Waals surface area contributed by atoms with E-state index in [0.717, 1.165) is 5.56 Å². The van der Waals surface area contributed by atoms with E-state index in [9.17, 15) is 4.79 Å². The molecule has 0 saturated carbocycles. The number of carbonyl (C=O) groups is 1. The van der Waals surface area contributed by atoms with E-state index in [0.29, 0.717) is 32.3 Å². The molecule has 1 unspecified atom stereocenters. The molecule has 0 N–H and O–H groups in total. The first kappa shape index (κ1) is 16.8. The van der Waals surface area contributed by atoms with Crippen molar-refractivity contribution in [2.45, 2.75) is 5.37 Å². The number of rotatable bonds is 3. The van der Waals surface area contributed by atoms with Gasteiger partial charge in [-0.05, 0) is 24.3 Å². The van der Waals surface area contributed by atoms with Crippen LogP contribution in [0, 0.1) is 0 Å². The van der Waals surface area contributed by atoms with Crippen LogP contribution in [0.25, 0.3) is 0 Å². The van der Waals surface area contributed by atoms with E-state index in [2.05, 4.69) is 0 Å². The summed E-state index contributed by atoms with van der Waals surface area (Å²) in [6, 6.07) is 10.7. The highest BCUT2D eigenvalue weighted by Gasteiger charge is 2.35. The summed E-state index contributed by atoms with van der Waals surface area (Å²) in [6.45, 7) is 0. The van der Waals surface area contributed by atoms with E-state index in [-0.39, 0.29) is 11.3 Å². The first-order chi connectivity index (χ1) is 11.0. The van der Waals surface area contributed by atoms with Crippen molar-refractivity contribution in [2.75, 3.05) is 17.8 Å². The zero-order valence-electron chi connectivity index (χ0n) is 12.1. The molecule has 1 amide bonds. The summed E-state index contributed by atoms with van der Waals surface area (Å²) >= 11 is 20.1. The lowest BCUT2D eigenvalue weighted by Crippen LogP contribution is -2.28. The molecule has 1 aliphatic rings. The van der Waals surface area contributed by atoms with Crippen molar-refractivity contribution in [3.8, 4) is 5.75 Å². The predicted molar refractivity (Wildman–Crippen MR) is 97.2 cm³/mol. The third-order valence-corrected chi connectivity index (χ3v) is 5.85. The van der Waals surface area contributed by atoms with Crippen molar-refractivity contribution in [3.63, 3.8) is 0 Å². The normalized spacial score (nSPS) is 17.7. The van der Waals surface area contributed by atoms with Crippen LogP contribution in [-0.2, 0) is 4.79 Å². The quantitative estimate of drug-likeness (QED) is 0.701. The van der Waals surface area contributed by atoms with Gasteiger partial charge in [-0.25, -0.2) is 0 Å². The molecule has 0 bridgehead atoms. The number of amides is 1. The fourth-order valence-electron chi connectivity index (χ4n) is 2.45. The van der Waals surface area contributed by atoms with Crippen molar-refractivity contribution in [2.24, 2.45) is 0 Å². The van der Waals surface area contributed by atoms with Crippen molar-refractivity contribution >= 4 is 58.2 Å². The van der Waals surface area contributed by atoms with Crippen LogP contribution in [-0.4, -0.2) is 18.8 Å². The first-order valence-electron chi connectivity index (χ1n) is 6.74. The number of carbonyl (C=O) groups excluding carboxylic acids is 1. The summed E-state index contributed by atoms with van der Waals surface area (Å²) in [7, 11) is 1.55. The zero-order valence-corrected chi connectivity index (χ0v) is 15.1. The largest absolute Gasteiger partial charge is 0.495 e. The molecule has 23 heavy (non-hydrogen) atoms. The summed E-state index contributed by atoms with van der Waals surface area (Å²) in [5.74, 6) is 0.932. The Morgan fingerprint density at radius 2 is 1.96 bits per heavy atom. The Hall–Kier alpha value is -1.07. The number of nitrogens with zero attached hydrogens (tertiary/aromatic N) is 1. The SMILES string of the molecule is COc1ccc(N2C(=O)CSC2c2cccc(Cl)c2Cl)cc1Cl. The predicted octanol–water partition coefficient (Wildman–Crippen LogP) is 5.43. The van der Waals surface area contributed by atoms with Gasteiger partial charge in [0, 0.05) is 11.3 Å². The molecule has 1 atom stereocenters. The lowest BCUT2D eigenvalue weighted by Gasteiger charge is -2.25. The van der Waals surface area contributed by atoms with Crippen LogP contribution in [0.2, 0.25) is 15.1 Å². The van der Waals surface area contributed by atoms with Gasteiger partial charge in [-0.1, -0.05) is 46.9 Å². The second-order valence-electron chi connectivity index (χ2n) is 4.89. The van der Waals surface area contributed by atoms with Gasteiger partial charge < -0.3 is 4.74 Å². The summed E-state index contributed by atoms with van der Waals surface area (Å²) in [5.41, 5.74) is 1.51. The maximum Gasteiger partial charge on any atom is 0.238 e. The maximum absolute atomic E-state index is 12.4. The smallest absolute Gasteiger partial charge is 0.238 e. The maximum atomic E-state index is 12.4. The molecule has 1 aliphatic heterocycles. The Bertz CT molecular complexity index is 769. The van der Waals surface area contributed by atoms with E-state index >= 15 is 0 Å². The number of thioether (sulfide) groups is 1. The minimum atomic E-state index is -0.238. The first-order valence-corrected chi connectivity index (χ1v) is 8.92. The van der Waals surface area contributed by atoms with Gasteiger partial charge in [-0.15, -0.1) is 11.8 Å². The standard InChI is InChI=1S/C16H12Cl3NO2S/c1-22-13-6-5-9(7-12(13)18)20-14(21)8-23-16(20)10-3-2-4-11(17)15(10)19/h2-7,16H,8H2,1H3. The number of anilines is 1. The molecule has 7 heteroatoms. The van der Waals surface area contributed by atoms with Crippen molar-refractivity contribution in [3.05, 3.63) is 57.0 Å². The second kappa shape index (κ2) is 6.81. The van der Waals surface area contributed by atoms with Crippen LogP contribution >= 0.6 is 46.6 Å². The summed E-state index contributed by atoms with van der Waals surface area (Å²) in [6.07, 6.45) is 0. The average Bonchev–Trinajstić information content (AvgIpc) is 2.91. The summed E-state index contributed by atoms with van der Waals surface area (Å²) < 4.78 is 5.16. The van der Waals surface area contributed by atoms with Gasteiger partial charge in [0.15, 0.2) is 0 Å².